The largest absolute Gasteiger partial charge is 0.490 e. The van der Waals surface area contributed by atoms with Gasteiger partial charge in [-0.05, 0) is 24.6 Å². The molecule has 1 aliphatic heterocycles. The van der Waals surface area contributed by atoms with Crippen LogP contribution < -0.4 is 9.47 Å². The predicted octanol–water partition coefficient (Wildman–Crippen LogP) is 1.71. The zero-order valence-corrected chi connectivity index (χ0v) is 9.97. The van der Waals surface area contributed by atoms with Crippen molar-refractivity contribution in [1.29, 1.82) is 5.26 Å². The third kappa shape index (κ3) is 1.97. The van der Waals surface area contributed by atoms with E-state index in [2.05, 4.69) is 0 Å². The number of benzene rings is 1. The summed E-state index contributed by atoms with van der Waals surface area (Å²) in [5.41, 5.74) is -1.19. The number of carboxylic acids is 1. The van der Waals surface area contributed by atoms with Crippen LogP contribution in [0, 0.1) is 11.3 Å². The highest BCUT2D eigenvalue weighted by Gasteiger charge is 2.36. The standard InChI is InChI=1S/C13H13NO4/c1-13(8-14,12(15)16)9-3-4-10-11(7-9)18-6-2-5-17-10/h3-4,7H,2,5-6H2,1H3,(H,15,16). The van der Waals surface area contributed by atoms with Gasteiger partial charge in [-0.3, -0.25) is 4.79 Å². The summed E-state index contributed by atoms with van der Waals surface area (Å²) in [5, 5.41) is 18.2. The molecule has 0 aromatic heterocycles. The number of fused-ring (bicyclic) bond motifs is 1. The van der Waals surface area contributed by atoms with Gasteiger partial charge >= 0.3 is 5.97 Å². The van der Waals surface area contributed by atoms with Crippen LogP contribution in [0.3, 0.4) is 0 Å². The van der Waals surface area contributed by atoms with E-state index in [1.54, 1.807) is 18.2 Å². The van der Waals surface area contributed by atoms with Gasteiger partial charge in [-0.25, -0.2) is 0 Å². The van der Waals surface area contributed by atoms with Crippen molar-refractivity contribution in [1.82, 2.24) is 0 Å². The van der Waals surface area contributed by atoms with Crippen LogP contribution in [0.4, 0.5) is 0 Å². The summed E-state index contributed by atoms with van der Waals surface area (Å²) in [6, 6.07) is 6.62. The topological polar surface area (TPSA) is 79.6 Å². The van der Waals surface area contributed by atoms with E-state index < -0.39 is 11.4 Å². The molecule has 0 spiro atoms. The molecule has 0 aliphatic carbocycles. The molecule has 2 rings (SSSR count). The smallest absolute Gasteiger partial charge is 0.328 e. The van der Waals surface area contributed by atoms with E-state index in [9.17, 15) is 4.79 Å². The summed E-state index contributed by atoms with van der Waals surface area (Å²) in [7, 11) is 0. The third-order valence-corrected chi connectivity index (χ3v) is 2.98. The van der Waals surface area contributed by atoms with E-state index in [-0.39, 0.29) is 0 Å². The fraction of sp³-hybridized carbons (Fsp3) is 0.385. The SMILES string of the molecule is CC(C#N)(C(=O)O)c1ccc2c(c1)OCCCO2. The highest BCUT2D eigenvalue weighted by molar-refractivity contribution is 5.84. The van der Waals surface area contributed by atoms with E-state index >= 15 is 0 Å². The number of hydrogen-bond donors (Lipinski definition) is 1. The zero-order valence-electron chi connectivity index (χ0n) is 9.97. The maximum absolute atomic E-state index is 11.2. The first kappa shape index (κ1) is 12.2. The Morgan fingerprint density at radius 2 is 2.06 bits per heavy atom. The molecule has 1 aliphatic rings. The Balaban J connectivity index is 2.45. The van der Waals surface area contributed by atoms with Crippen molar-refractivity contribution in [2.45, 2.75) is 18.8 Å². The Hall–Kier alpha value is -2.22. The number of hydrogen-bond acceptors (Lipinski definition) is 4. The minimum absolute atomic E-state index is 0.391. The summed E-state index contributed by atoms with van der Waals surface area (Å²) in [6.45, 7) is 2.46. The normalized spacial score (nSPS) is 17.1. The van der Waals surface area contributed by atoms with Crippen molar-refractivity contribution in [2.24, 2.45) is 0 Å². The fourth-order valence-electron chi connectivity index (χ4n) is 1.71. The lowest BCUT2D eigenvalue weighted by Crippen LogP contribution is -2.30. The lowest BCUT2D eigenvalue weighted by Gasteiger charge is -2.18. The average molecular weight is 247 g/mol. The van der Waals surface area contributed by atoms with Crippen LogP contribution in [-0.2, 0) is 10.2 Å². The van der Waals surface area contributed by atoms with Gasteiger partial charge < -0.3 is 14.6 Å². The first-order chi connectivity index (χ1) is 8.58. The van der Waals surface area contributed by atoms with Gasteiger partial charge in [0.25, 0.3) is 0 Å². The van der Waals surface area contributed by atoms with E-state index in [1.807, 2.05) is 6.07 Å². The Morgan fingerprint density at radius 3 is 2.67 bits per heavy atom. The number of nitrogens with zero attached hydrogens (tertiary/aromatic N) is 1. The minimum Gasteiger partial charge on any atom is -0.490 e. The van der Waals surface area contributed by atoms with E-state index in [0.717, 1.165) is 6.42 Å². The van der Waals surface area contributed by atoms with Gasteiger partial charge in [0.15, 0.2) is 16.9 Å². The van der Waals surface area contributed by atoms with Gasteiger partial charge in [0.2, 0.25) is 0 Å². The number of carbonyl (C=O) groups is 1. The highest BCUT2D eigenvalue weighted by Crippen LogP contribution is 2.34. The summed E-state index contributed by atoms with van der Waals surface area (Å²) in [4.78, 5) is 11.2. The lowest BCUT2D eigenvalue weighted by atomic mass is 9.84. The van der Waals surface area contributed by atoms with Gasteiger partial charge in [0.1, 0.15) is 0 Å². The molecule has 1 aromatic rings. The van der Waals surface area contributed by atoms with Crippen molar-refractivity contribution in [3.8, 4) is 17.6 Å². The zero-order chi connectivity index (χ0) is 13.2. The maximum atomic E-state index is 11.2. The molecule has 1 N–H and O–H groups in total. The summed E-state index contributed by atoms with van der Waals surface area (Å²) >= 11 is 0. The van der Waals surface area contributed by atoms with Gasteiger partial charge in [-0.1, -0.05) is 6.07 Å². The maximum Gasteiger partial charge on any atom is 0.328 e. The fourth-order valence-corrected chi connectivity index (χ4v) is 1.71. The first-order valence-electron chi connectivity index (χ1n) is 5.62. The molecule has 5 nitrogen and oxygen atoms in total. The van der Waals surface area contributed by atoms with Crippen molar-refractivity contribution in [2.75, 3.05) is 13.2 Å². The molecular formula is C13H13NO4. The molecule has 1 heterocycles. The van der Waals surface area contributed by atoms with Crippen LogP contribution in [0.25, 0.3) is 0 Å². The van der Waals surface area contributed by atoms with Crippen LogP contribution in [0.15, 0.2) is 18.2 Å². The molecule has 1 unspecified atom stereocenters. The summed E-state index contributed by atoms with van der Waals surface area (Å²) in [5.74, 6) is -0.103. The van der Waals surface area contributed by atoms with E-state index in [1.165, 1.54) is 6.92 Å². The molecule has 0 amide bonds. The Morgan fingerprint density at radius 1 is 1.39 bits per heavy atom. The number of carboxylic acid groups (broad SMARTS) is 1. The second kappa shape index (κ2) is 4.57. The Kier molecular flexibility index (Phi) is 3.11. The lowest BCUT2D eigenvalue weighted by molar-refractivity contribution is -0.141. The Bertz CT molecular complexity index is 520. The molecule has 0 saturated carbocycles. The van der Waals surface area contributed by atoms with Gasteiger partial charge in [-0.2, -0.15) is 5.26 Å². The van der Waals surface area contributed by atoms with Crippen molar-refractivity contribution in [3.05, 3.63) is 23.8 Å². The molecule has 94 valence electrons. The molecule has 1 aromatic carbocycles. The molecular weight excluding hydrogens is 234 g/mol. The van der Waals surface area contributed by atoms with Crippen molar-refractivity contribution < 1.29 is 19.4 Å². The molecule has 0 bridgehead atoms. The molecule has 0 radical (unpaired) electrons. The molecule has 0 saturated heterocycles. The second-order valence-corrected chi connectivity index (χ2v) is 4.25. The first-order valence-corrected chi connectivity index (χ1v) is 5.62. The number of nitriles is 1. The molecule has 18 heavy (non-hydrogen) atoms. The van der Waals surface area contributed by atoms with E-state index in [0.29, 0.717) is 30.3 Å². The number of ether oxygens (including phenoxy) is 2. The summed E-state index contributed by atoms with van der Waals surface area (Å²) < 4.78 is 10.9. The van der Waals surface area contributed by atoms with Crippen molar-refractivity contribution in [3.63, 3.8) is 0 Å². The monoisotopic (exact) mass is 247 g/mol. The third-order valence-electron chi connectivity index (χ3n) is 2.98. The van der Waals surface area contributed by atoms with Gasteiger partial charge in [0, 0.05) is 6.42 Å². The van der Waals surface area contributed by atoms with Gasteiger partial charge in [-0.15, -0.1) is 0 Å². The summed E-state index contributed by atoms with van der Waals surface area (Å²) in [6.07, 6.45) is 0.776. The molecule has 0 fully saturated rings. The second-order valence-electron chi connectivity index (χ2n) is 4.25. The van der Waals surface area contributed by atoms with Crippen molar-refractivity contribution >= 4 is 5.97 Å². The highest BCUT2D eigenvalue weighted by atomic mass is 16.5. The number of rotatable bonds is 2. The quantitative estimate of drug-likeness (QED) is 0.860. The predicted molar refractivity (Wildman–Crippen MR) is 62.6 cm³/mol. The van der Waals surface area contributed by atoms with Crippen LogP contribution >= 0.6 is 0 Å². The van der Waals surface area contributed by atoms with E-state index in [4.69, 9.17) is 19.8 Å². The minimum atomic E-state index is -1.58. The van der Waals surface area contributed by atoms with Crippen LogP contribution in [0.1, 0.15) is 18.9 Å². The average Bonchev–Trinajstić information content (AvgIpc) is 2.61. The van der Waals surface area contributed by atoms with Crippen LogP contribution in [0.2, 0.25) is 0 Å². The van der Waals surface area contributed by atoms with Crippen LogP contribution in [-0.4, -0.2) is 24.3 Å². The van der Waals surface area contributed by atoms with Crippen LogP contribution in [0.5, 0.6) is 11.5 Å². The molecule has 1 atom stereocenters. The van der Waals surface area contributed by atoms with Gasteiger partial charge in [0.05, 0.1) is 19.3 Å². The Labute approximate surface area is 105 Å². The molecule has 5 heteroatoms. The number of aliphatic carboxylic acids is 1.